The van der Waals surface area contributed by atoms with Gasteiger partial charge in [-0.3, -0.25) is 14.6 Å². The van der Waals surface area contributed by atoms with E-state index >= 15 is 0 Å². The molecule has 1 unspecified atom stereocenters. The van der Waals surface area contributed by atoms with Crippen LogP contribution < -0.4 is 5.32 Å². The van der Waals surface area contributed by atoms with Gasteiger partial charge in [0.1, 0.15) is 0 Å². The molecule has 7 heteroatoms. The molecule has 0 bridgehead atoms. The van der Waals surface area contributed by atoms with Gasteiger partial charge in [-0.25, -0.2) is 0 Å². The Bertz CT molecular complexity index is 861. The van der Waals surface area contributed by atoms with Gasteiger partial charge in [0.15, 0.2) is 0 Å². The molecule has 7 nitrogen and oxygen atoms in total. The van der Waals surface area contributed by atoms with Crippen molar-refractivity contribution in [1.82, 2.24) is 14.7 Å². The highest BCUT2D eigenvalue weighted by Gasteiger charge is 2.27. The van der Waals surface area contributed by atoms with Gasteiger partial charge in [0.2, 0.25) is 5.91 Å². The van der Waals surface area contributed by atoms with Crippen molar-refractivity contribution >= 4 is 23.0 Å². The van der Waals surface area contributed by atoms with Gasteiger partial charge in [-0.2, -0.15) is 10.2 Å². The molecule has 164 valence electrons. The number of benzene rings is 2. The van der Waals surface area contributed by atoms with E-state index in [0.717, 1.165) is 43.2 Å². The number of nitrogens with one attached hydrogen (secondary N) is 1. The van der Waals surface area contributed by atoms with Crippen LogP contribution in [0.25, 0.3) is 0 Å². The maximum atomic E-state index is 12.5. The lowest BCUT2D eigenvalue weighted by Crippen LogP contribution is -2.55. The van der Waals surface area contributed by atoms with Gasteiger partial charge in [0.25, 0.3) is 0 Å². The van der Waals surface area contributed by atoms with Gasteiger partial charge in [0, 0.05) is 44.5 Å². The van der Waals surface area contributed by atoms with Crippen LogP contribution in [0.1, 0.15) is 12.8 Å². The van der Waals surface area contributed by atoms with Crippen molar-refractivity contribution < 1.29 is 4.79 Å². The number of hydrogen-bond acceptors (Lipinski definition) is 6. The first-order chi connectivity index (χ1) is 15.2. The average Bonchev–Trinajstić information content (AvgIpc) is 2.80. The second-order valence-corrected chi connectivity index (χ2v) is 8.50. The fourth-order valence-electron chi connectivity index (χ4n) is 4.35. The number of azo groups is 1. The largest absolute Gasteiger partial charge is 0.325 e. The monoisotopic (exact) mass is 420 g/mol. The molecular weight excluding hydrogens is 388 g/mol. The van der Waals surface area contributed by atoms with Gasteiger partial charge in [-0.15, -0.1) is 0 Å². The summed E-state index contributed by atoms with van der Waals surface area (Å²) in [6, 6.07) is 17.8. The summed E-state index contributed by atoms with van der Waals surface area (Å²) in [5.41, 5.74) is 2.36. The minimum Gasteiger partial charge on any atom is -0.325 e. The predicted octanol–water partition coefficient (Wildman–Crippen LogP) is 3.75. The summed E-state index contributed by atoms with van der Waals surface area (Å²) in [4.78, 5) is 19.8. The summed E-state index contributed by atoms with van der Waals surface area (Å²) < 4.78 is 0. The lowest BCUT2D eigenvalue weighted by molar-refractivity contribution is -0.117. The summed E-state index contributed by atoms with van der Waals surface area (Å²) in [5, 5.41) is 11.4. The number of amides is 1. The van der Waals surface area contributed by atoms with Crippen LogP contribution in [0, 0.1) is 0 Å². The van der Waals surface area contributed by atoms with Crippen molar-refractivity contribution in [3.8, 4) is 0 Å². The van der Waals surface area contributed by atoms with E-state index in [4.69, 9.17) is 0 Å². The third-order valence-electron chi connectivity index (χ3n) is 6.08. The van der Waals surface area contributed by atoms with Crippen molar-refractivity contribution in [3.05, 3.63) is 54.6 Å². The third kappa shape index (κ3) is 6.43. The summed E-state index contributed by atoms with van der Waals surface area (Å²) in [5.74, 6) is 0.0320. The van der Waals surface area contributed by atoms with Crippen molar-refractivity contribution in [2.75, 3.05) is 58.2 Å². The lowest BCUT2D eigenvalue weighted by atomic mass is 10.0. The molecule has 2 heterocycles. The Hall–Kier alpha value is -2.61. The van der Waals surface area contributed by atoms with Crippen LogP contribution in [0.3, 0.4) is 0 Å². The molecule has 1 amide bonds. The maximum Gasteiger partial charge on any atom is 0.238 e. The van der Waals surface area contributed by atoms with E-state index in [0.29, 0.717) is 12.6 Å². The van der Waals surface area contributed by atoms with E-state index in [9.17, 15) is 4.79 Å². The van der Waals surface area contributed by atoms with E-state index in [1.54, 1.807) is 0 Å². The van der Waals surface area contributed by atoms with Gasteiger partial charge in [-0.1, -0.05) is 18.2 Å². The molecular formula is C24H32N6O. The Balaban J connectivity index is 1.21. The third-order valence-corrected chi connectivity index (χ3v) is 6.08. The molecule has 0 spiro atoms. The van der Waals surface area contributed by atoms with E-state index < -0.39 is 0 Å². The normalized spacial score (nSPS) is 21.4. The van der Waals surface area contributed by atoms with Crippen LogP contribution in [-0.4, -0.2) is 79.5 Å². The van der Waals surface area contributed by atoms with Gasteiger partial charge in [-0.05, 0) is 62.8 Å². The van der Waals surface area contributed by atoms with Crippen LogP contribution >= 0.6 is 0 Å². The molecule has 2 aromatic carbocycles. The van der Waals surface area contributed by atoms with Crippen molar-refractivity contribution in [3.63, 3.8) is 0 Å². The molecule has 31 heavy (non-hydrogen) atoms. The molecule has 1 atom stereocenters. The van der Waals surface area contributed by atoms with Crippen molar-refractivity contribution in [1.29, 1.82) is 0 Å². The Morgan fingerprint density at radius 3 is 2.29 bits per heavy atom. The number of likely N-dealkylation sites (tertiary alicyclic amines) is 1. The molecule has 2 aromatic rings. The van der Waals surface area contributed by atoms with Gasteiger partial charge in [0.05, 0.1) is 17.9 Å². The van der Waals surface area contributed by atoms with E-state index in [-0.39, 0.29) is 5.91 Å². The number of hydrogen-bond donors (Lipinski definition) is 1. The Kier molecular flexibility index (Phi) is 7.40. The number of carbonyl (C=O) groups is 1. The number of piperazine rings is 1. The minimum atomic E-state index is 0.0320. The van der Waals surface area contributed by atoms with Crippen LogP contribution in [-0.2, 0) is 4.79 Å². The number of nitrogens with zero attached hydrogens (tertiary/aromatic N) is 5. The number of piperidine rings is 1. The summed E-state index contributed by atoms with van der Waals surface area (Å²) in [7, 11) is 2.21. The van der Waals surface area contributed by atoms with Crippen LogP contribution in [0.2, 0.25) is 0 Å². The number of rotatable bonds is 6. The molecule has 0 aromatic heterocycles. The minimum absolute atomic E-state index is 0.0320. The van der Waals surface area contributed by atoms with Crippen molar-refractivity contribution in [2.45, 2.75) is 18.9 Å². The molecule has 0 radical (unpaired) electrons. The Morgan fingerprint density at radius 1 is 0.935 bits per heavy atom. The summed E-state index contributed by atoms with van der Waals surface area (Å²) in [6.45, 7) is 6.82. The van der Waals surface area contributed by atoms with Gasteiger partial charge < -0.3 is 10.2 Å². The van der Waals surface area contributed by atoms with E-state index in [1.807, 2.05) is 54.6 Å². The van der Waals surface area contributed by atoms with Crippen molar-refractivity contribution in [2.24, 2.45) is 10.2 Å². The van der Waals surface area contributed by atoms with E-state index in [2.05, 4.69) is 37.3 Å². The zero-order valence-corrected chi connectivity index (χ0v) is 18.3. The lowest BCUT2D eigenvalue weighted by Gasteiger charge is -2.42. The first-order valence-corrected chi connectivity index (χ1v) is 11.2. The molecule has 2 fully saturated rings. The predicted molar refractivity (Wildman–Crippen MR) is 124 cm³/mol. The zero-order valence-electron chi connectivity index (χ0n) is 18.3. The fraction of sp³-hybridized carbons (Fsp3) is 0.458. The number of likely N-dealkylation sites (N-methyl/N-ethyl adjacent to an activating group) is 1. The fourth-order valence-corrected chi connectivity index (χ4v) is 4.35. The average molecular weight is 421 g/mol. The van der Waals surface area contributed by atoms with Gasteiger partial charge >= 0.3 is 0 Å². The smallest absolute Gasteiger partial charge is 0.238 e. The highest BCUT2D eigenvalue weighted by molar-refractivity contribution is 5.92. The molecule has 2 aliphatic rings. The standard InChI is InChI=1S/C24H32N6O/c1-28-13-5-8-23(18-28)30-16-14-29(15-17-30)19-24(31)25-20-9-11-22(12-10-20)27-26-21-6-3-2-4-7-21/h2-4,6-7,9-12,23H,5,8,13-19H2,1H3,(H,25,31). The van der Waals surface area contributed by atoms with Crippen LogP contribution in [0.5, 0.6) is 0 Å². The number of carbonyl (C=O) groups excluding carboxylic acids is 1. The summed E-state index contributed by atoms with van der Waals surface area (Å²) in [6.07, 6.45) is 2.59. The van der Waals surface area contributed by atoms with Crippen LogP contribution in [0.4, 0.5) is 17.1 Å². The highest BCUT2D eigenvalue weighted by atomic mass is 16.2. The molecule has 1 N–H and O–H groups in total. The molecule has 4 rings (SSSR count). The Labute approximate surface area is 184 Å². The molecule has 0 aliphatic carbocycles. The Morgan fingerprint density at radius 2 is 1.61 bits per heavy atom. The van der Waals surface area contributed by atoms with Crippen LogP contribution in [0.15, 0.2) is 64.8 Å². The topological polar surface area (TPSA) is 63.5 Å². The maximum absolute atomic E-state index is 12.5. The molecule has 2 aliphatic heterocycles. The SMILES string of the molecule is CN1CCCC(N2CCN(CC(=O)Nc3ccc(N=Nc4ccccc4)cc3)CC2)C1. The zero-order chi connectivity index (χ0) is 21.5. The highest BCUT2D eigenvalue weighted by Crippen LogP contribution is 2.20. The molecule has 2 saturated heterocycles. The number of anilines is 1. The summed E-state index contributed by atoms with van der Waals surface area (Å²) >= 11 is 0. The van der Waals surface area contributed by atoms with E-state index in [1.165, 1.54) is 25.9 Å². The second-order valence-electron chi connectivity index (χ2n) is 8.50. The molecule has 0 saturated carbocycles. The second kappa shape index (κ2) is 10.6. The first kappa shape index (κ1) is 21.6. The first-order valence-electron chi connectivity index (χ1n) is 11.2. The quantitative estimate of drug-likeness (QED) is 0.723.